The average molecular weight is 192 g/mol. The predicted octanol–water partition coefficient (Wildman–Crippen LogP) is 2.04. The van der Waals surface area contributed by atoms with Crippen LogP contribution < -0.4 is 5.73 Å². The lowest BCUT2D eigenvalue weighted by molar-refractivity contribution is 0.0858. The molecule has 0 bridgehead atoms. The Bertz CT molecular complexity index is 332. The number of hydrogen-bond donors (Lipinski definition) is 1. The first kappa shape index (κ1) is 10.6. The molecule has 0 aromatic heterocycles. The zero-order chi connectivity index (χ0) is 10.6. The van der Waals surface area contributed by atoms with Crippen molar-refractivity contribution in [3.63, 3.8) is 0 Å². The zero-order valence-corrected chi connectivity index (χ0v) is 8.82. The van der Waals surface area contributed by atoms with Gasteiger partial charge in [-0.15, -0.1) is 0 Å². The van der Waals surface area contributed by atoms with E-state index in [1.54, 1.807) is 0 Å². The van der Waals surface area contributed by atoms with Crippen LogP contribution in [0, 0.1) is 6.92 Å². The number of oxime groups is 1. The highest BCUT2D eigenvalue weighted by Gasteiger charge is 2.02. The second-order valence-corrected chi connectivity index (χ2v) is 3.45. The van der Waals surface area contributed by atoms with E-state index in [-0.39, 0.29) is 6.10 Å². The van der Waals surface area contributed by atoms with Gasteiger partial charge in [-0.1, -0.05) is 29.4 Å². The van der Waals surface area contributed by atoms with Crippen LogP contribution in [0.5, 0.6) is 0 Å². The maximum absolute atomic E-state index is 5.77. The molecule has 0 saturated heterocycles. The molecule has 76 valence electrons. The summed E-state index contributed by atoms with van der Waals surface area (Å²) in [6, 6.07) is 7.82. The molecule has 1 rings (SSSR count). The molecule has 1 aromatic carbocycles. The fraction of sp³-hybridized carbons (Fsp3) is 0.364. The summed E-state index contributed by atoms with van der Waals surface area (Å²) in [5.41, 5.74) is 7.79. The minimum atomic E-state index is 0.0533. The molecule has 0 heterocycles. The van der Waals surface area contributed by atoms with Crippen molar-refractivity contribution in [2.75, 3.05) is 0 Å². The minimum absolute atomic E-state index is 0.0533. The molecule has 0 aliphatic carbocycles. The quantitative estimate of drug-likeness (QED) is 0.452. The second kappa shape index (κ2) is 4.65. The van der Waals surface area contributed by atoms with Crippen LogP contribution in [0.25, 0.3) is 0 Å². The maximum Gasteiger partial charge on any atom is 0.170 e. The average Bonchev–Trinajstić information content (AvgIpc) is 2.15. The Morgan fingerprint density at radius 1 is 1.36 bits per heavy atom. The molecule has 3 nitrogen and oxygen atoms in total. The molecule has 0 aliphatic heterocycles. The van der Waals surface area contributed by atoms with Gasteiger partial charge in [0.1, 0.15) is 6.10 Å². The summed E-state index contributed by atoms with van der Waals surface area (Å²) < 4.78 is 0. The van der Waals surface area contributed by atoms with Crippen LogP contribution in [0.2, 0.25) is 0 Å². The lowest BCUT2D eigenvalue weighted by Gasteiger charge is -2.06. The van der Waals surface area contributed by atoms with Gasteiger partial charge in [0, 0.05) is 5.56 Å². The molecule has 0 atom stereocenters. The van der Waals surface area contributed by atoms with Gasteiger partial charge in [-0.3, -0.25) is 0 Å². The molecule has 0 unspecified atom stereocenters. The van der Waals surface area contributed by atoms with Gasteiger partial charge in [0.2, 0.25) is 0 Å². The first-order valence-corrected chi connectivity index (χ1v) is 4.66. The summed E-state index contributed by atoms with van der Waals surface area (Å²) in [6.45, 7) is 5.82. The van der Waals surface area contributed by atoms with E-state index in [4.69, 9.17) is 10.6 Å². The smallest absolute Gasteiger partial charge is 0.170 e. The summed E-state index contributed by atoms with van der Waals surface area (Å²) in [5.74, 6) is 0.428. The Hall–Kier alpha value is -1.51. The van der Waals surface area contributed by atoms with Gasteiger partial charge < -0.3 is 10.6 Å². The van der Waals surface area contributed by atoms with Crippen LogP contribution in [0.1, 0.15) is 25.0 Å². The fourth-order valence-electron chi connectivity index (χ4n) is 1.07. The predicted molar refractivity (Wildman–Crippen MR) is 58.1 cm³/mol. The van der Waals surface area contributed by atoms with E-state index >= 15 is 0 Å². The minimum Gasteiger partial charge on any atom is -0.391 e. The molecule has 1 aromatic rings. The third-order valence-electron chi connectivity index (χ3n) is 1.78. The number of nitrogens with zero attached hydrogens (tertiary/aromatic N) is 1. The van der Waals surface area contributed by atoms with Gasteiger partial charge >= 0.3 is 0 Å². The SMILES string of the molecule is Cc1ccccc1/C(N)=N/OC(C)C. The Balaban J connectivity index is 2.84. The van der Waals surface area contributed by atoms with Crippen molar-refractivity contribution in [2.45, 2.75) is 26.9 Å². The van der Waals surface area contributed by atoms with Crippen LogP contribution in [-0.4, -0.2) is 11.9 Å². The Kier molecular flexibility index (Phi) is 3.51. The molecule has 2 N–H and O–H groups in total. The monoisotopic (exact) mass is 192 g/mol. The lowest BCUT2D eigenvalue weighted by atomic mass is 10.1. The molecular weight excluding hydrogens is 176 g/mol. The molecule has 0 spiro atoms. The van der Waals surface area contributed by atoms with Crippen LogP contribution in [-0.2, 0) is 4.84 Å². The molecule has 0 radical (unpaired) electrons. The van der Waals surface area contributed by atoms with Crippen LogP contribution in [0.15, 0.2) is 29.4 Å². The molecule has 0 aliphatic rings. The molecule has 0 amide bonds. The molecule has 0 saturated carbocycles. The van der Waals surface area contributed by atoms with Crippen molar-refractivity contribution in [1.29, 1.82) is 0 Å². The summed E-state index contributed by atoms with van der Waals surface area (Å²) in [7, 11) is 0. The van der Waals surface area contributed by atoms with E-state index in [1.165, 1.54) is 0 Å². The highest BCUT2D eigenvalue weighted by Crippen LogP contribution is 2.06. The molecular formula is C11H16N2O. The van der Waals surface area contributed by atoms with Gasteiger partial charge in [-0.25, -0.2) is 0 Å². The van der Waals surface area contributed by atoms with E-state index in [2.05, 4.69) is 5.16 Å². The first-order chi connectivity index (χ1) is 6.61. The number of rotatable bonds is 3. The number of benzene rings is 1. The van der Waals surface area contributed by atoms with Crippen LogP contribution in [0.3, 0.4) is 0 Å². The standard InChI is InChI=1S/C11H16N2O/c1-8(2)14-13-11(12)10-7-5-4-6-9(10)3/h4-8H,1-3H3,(H2,12,13). The lowest BCUT2D eigenvalue weighted by Crippen LogP contribution is -2.16. The number of nitrogens with two attached hydrogens (primary N) is 1. The molecule has 14 heavy (non-hydrogen) atoms. The normalized spacial score (nSPS) is 11.9. The van der Waals surface area contributed by atoms with Gasteiger partial charge in [0.25, 0.3) is 0 Å². The van der Waals surface area contributed by atoms with E-state index in [0.717, 1.165) is 11.1 Å². The van der Waals surface area contributed by atoms with Crippen molar-refractivity contribution in [1.82, 2.24) is 0 Å². The van der Waals surface area contributed by atoms with Crippen molar-refractivity contribution >= 4 is 5.84 Å². The van der Waals surface area contributed by atoms with Crippen molar-refractivity contribution in [3.8, 4) is 0 Å². The highest BCUT2D eigenvalue weighted by molar-refractivity contribution is 5.98. The number of hydrogen-bond acceptors (Lipinski definition) is 2. The zero-order valence-electron chi connectivity index (χ0n) is 8.82. The number of aryl methyl sites for hydroxylation is 1. The number of amidine groups is 1. The summed E-state index contributed by atoms with van der Waals surface area (Å²) >= 11 is 0. The first-order valence-electron chi connectivity index (χ1n) is 4.66. The topological polar surface area (TPSA) is 47.6 Å². The summed E-state index contributed by atoms with van der Waals surface area (Å²) in [6.07, 6.45) is 0.0533. The third-order valence-corrected chi connectivity index (χ3v) is 1.78. The fourth-order valence-corrected chi connectivity index (χ4v) is 1.07. The Labute approximate surface area is 84.6 Å². The van der Waals surface area contributed by atoms with Gasteiger partial charge in [-0.05, 0) is 26.3 Å². The largest absolute Gasteiger partial charge is 0.391 e. The van der Waals surface area contributed by atoms with Crippen molar-refractivity contribution in [3.05, 3.63) is 35.4 Å². The van der Waals surface area contributed by atoms with Crippen molar-refractivity contribution in [2.24, 2.45) is 10.9 Å². The third kappa shape index (κ3) is 2.76. The Morgan fingerprint density at radius 3 is 2.57 bits per heavy atom. The second-order valence-electron chi connectivity index (χ2n) is 3.45. The molecule has 3 heteroatoms. The molecule has 0 fully saturated rings. The van der Waals surface area contributed by atoms with E-state index in [1.807, 2.05) is 45.0 Å². The van der Waals surface area contributed by atoms with Gasteiger partial charge in [0.05, 0.1) is 0 Å². The maximum atomic E-state index is 5.77. The van der Waals surface area contributed by atoms with Crippen LogP contribution >= 0.6 is 0 Å². The van der Waals surface area contributed by atoms with Crippen molar-refractivity contribution < 1.29 is 4.84 Å². The van der Waals surface area contributed by atoms with Gasteiger partial charge in [0.15, 0.2) is 5.84 Å². The van der Waals surface area contributed by atoms with Gasteiger partial charge in [-0.2, -0.15) is 0 Å². The Morgan fingerprint density at radius 2 is 2.00 bits per heavy atom. The summed E-state index contributed by atoms with van der Waals surface area (Å²) in [4.78, 5) is 5.08. The van der Waals surface area contributed by atoms with E-state index in [0.29, 0.717) is 5.84 Å². The van der Waals surface area contributed by atoms with E-state index in [9.17, 15) is 0 Å². The van der Waals surface area contributed by atoms with Crippen LogP contribution in [0.4, 0.5) is 0 Å². The highest BCUT2D eigenvalue weighted by atomic mass is 16.6. The summed E-state index contributed by atoms with van der Waals surface area (Å²) in [5, 5.41) is 3.85. The van der Waals surface area contributed by atoms with E-state index < -0.39 is 0 Å².